The van der Waals surface area contributed by atoms with Gasteiger partial charge in [0.25, 0.3) is 0 Å². The molecule has 1 aliphatic heterocycles. The van der Waals surface area contributed by atoms with Crippen LogP contribution in [0.4, 0.5) is 16.2 Å². The number of ether oxygens (including phenoxy) is 1. The van der Waals surface area contributed by atoms with E-state index in [2.05, 4.69) is 25.8 Å². The number of nitrogens with zero attached hydrogens (tertiary/aromatic N) is 3. The normalized spacial score (nSPS) is 14.1. The molecule has 2 aromatic carbocycles. The van der Waals surface area contributed by atoms with Crippen molar-refractivity contribution < 1.29 is 14.3 Å². The number of nitrogens with one attached hydrogen (secondary N) is 3. The van der Waals surface area contributed by atoms with Crippen LogP contribution in [0.3, 0.4) is 0 Å². The van der Waals surface area contributed by atoms with Crippen molar-refractivity contribution in [3.8, 4) is 17.1 Å². The van der Waals surface area contributed by atoms with Crippen LogP contribution in [-0.2, 0) is 4.79 Å². The highest BCUT2D eigenvalue weighted by molar-refractivity contribution is 5.94. The summed E-state index contributed by atoms with van der Waals surface area (Å²) in [5.74, 6) is 1.73. The number of methoxy groups -OCH3 is 1. The van der Waals surface area contributed by atoms with E-state index in [0.29, 0.717) is 48.9 Å². The number of aryl methyl sites for hydroxylation is 1. The maximum atomic E-state index is 12.7. The molecule has 3 aromatic rings. The van der Waals surface area contributed by atoms with Crippen molar-refractivity contribution in [3.63, 3.8) is 0 Å². The van der Waals surface area contributed by atoms with Crippen LogP contribution in [0.15, 0.2) is 48.5 Å². The van der Waals surface area contributed by atoms with E-state index in [1.54, 1.807) is 18.1 Å². The van der Waals surface area contributed by atoms with Gasteiger partial charge in [-0.2, -0.15) is 5.10 Å². The third-order valence-electron chi connectivity index (χ3n) is 5.49. The van der Waals surface area contributed by atoms with Crippen LogP contribution >= 0.6 is 0 Å². The highest BCUT2D eigenvalue weighted by Gasteiger charge is 2.28. The number of piperidine rings is 1. The van der Waals surface area contributed by atoms with E-state index in [0.717, 1.165) is 11.4 Å². The van der Waals surface area contributed by atoms with Gasteiger partial charge < -0.3 is 20.3 Å². The minimum absolute atomic E-state index is 0.0518. The minimum Gasteiger partial charge on any atom is -0.495 e. The Kier molecular flexibility index (Phi) is 6.34. The maximum absolute atomic E-state index is 12.7. The van der Waals surface area contributed by atoms with Crippen molar-refractivity contribution in [3.05, 3.63) is 54.4 Å². The predicted octanol–water partition coefficient (Wildman–Crippen LogP) is 3.67. The molecule has 3 amide bonds. The van der Waals surface area contributed by atoms with Gasteiger partial charge in [0.2, 0.25) is 5.91 Å². The first-order chi connectivity index (χ1) is 15.5. The number of benzene rings is 2. The van der Waals surface area contributed by atoms with Crippen molar-refractivity contribution in [2.45, 2.75) is 19.8 Å². The second-order valence-corrected chi connectivity index (χ2v) is 7.71. The molecule has 0 bridgehead atoms. The number of carbonyl (C=O) groups is 2. The molecule has 1 saturated heterocycles. The summed E-state index contributed by atoms with van der Waals surface area (Å²) in [5, 5.41) is 12.8. The maximum Gasteiger partial charge on any atom is 0.321 e. The highest BCUT2D eigenvalue weighted by atomic mass is 16.5. The Morgan fingerprint density at radius 1 is 1.09 bits per heavy atom. The third kappa shape index (κ3) is 4.88. The zero-order chi connectivity index (χ0) is 22.5. The van der Waals surface area contributed by atoms with Gasteiger partial charge in [0.1, 0.15) is 11.6 Å². The van der Waals surface area contributed by atoms with Crippen LogP contribution in [0, 0.1) is 12.8 Å². The molecule has 2 heterocycles. The molecule has 0 atom stereocenters. The summed E-state index contributed by atoms with van der Waals surface area (Å²) in [6, 6.07) is 14.6. The summed E-state index contributed by atoms with van der Waals surface area (Å²) in [4.78, 5) is 31.5. The molecule has 0 spiro atoms. The molecule has 166 valence electrons. The van der Waals surface area contributed by atoms with Gasteiger partial charge in [0.05, 0.1) is 12.8 Å². The molecular weight excluding hydrogens is 408 g/mol. The zero-order valence-electron chi connectivity index (χ0n) is 18.1. The Balaban J connectivity index is 1.31. The second-order valence-electron chi connectivity index (χ2n) is 7.71. The SMILES string of the molecule is COc1ccccc1NC(=O)C1CCN(C(=O)Nc2cccc(-c3n[nH]c(C)n3)c2)CC1. The van der Waals surface area contributed by atoms with Gasteiger partial charge in [-0.15, -0.1) is 0 Å². The quantitative estimate of drug-likeness (QED) is 0.567. The number of hydrogen-bond donors (Lipinski definition) is 3. The van der Waals surface area contributed by atoms with Crippen LogP contribution in [0.1, 0.15) is 18.7 Å². The van der Waals surface area contributed by atoms with Crippen LogP contribution in [-0.4, -0.2) is 52.2 Å². The molecule has 9 nitrogen and oxygen atoms in total. The number of rotatable bonds is 5. The first-order valence-corrected chi connectivity index (χ1v) is 10.5. The number of aromatic nitrogens is 3. The molecular formula is C23H26N6O3. The Morgan fingerprint density at radius 3 is 2.59 bits per heavy atom. The number of anilines is 2. The fraction of sp³-hybridized carbons (Fsp3) is 0.304. The van der Waals surface area contributed by atoms with Gasteiger partial charge in [0.15, 0.2) is 5.82 Å². The molecule has 1 fully saturated rings. The lowest BCUT2D eigenvalue weighted by Crippen LogP contribution is -2.43. The molecule has 3 N–H and O–H groups in total. The fourth-order valence-electron chi connectivity index (χ4n) is 3.74. The number of carbonyl (C=O) groups excluding carboxylic acids is 2. The highest BCUT2D eigenvalue weighted by Crippen LogP contribution is 2.26. The summed E-state index contributed by atoms with van der Waals surface area (Å²) in [7, 11) is 1.57. The van der Waals surface area contributed by atoms with Gasteiger partial charge in [-0.05, 0) is 44.0 Å². The van der Waals surface area contributed by atoms with E-state index in [1.807, 2.05) is 49.4 Å². The number of hydrogen-bond acceptors (Lipinski definition) is 5. The number of para-hydroxylation sites is 2. The molecule has 0 saturated carbocycles. The second kappa shape index (κ2) is 9.51. The van der Waals surface area contributed by atoms with Crippen molar-refractivity contribution in [2.75, 3.05) is 30.8 Å². The molecule has 32 heavy (non-hydrogen) atoms. The number of urea groups is 1. The Morgan fingerprint density at radius 2 is 1.88 bits per heavy atom. The lowest BCUT2D eigenvalue weighted by Gasteiger charge is -2.31. The average Bonchev–Trinajstić information content (AvgIpc) is 3.26. The van der Waals surface area contributed by atoms with E-state index in [1.165, 1.54) is 0 Å². The van der Waals surface area contributed by atoms with Crippen molar-refractivity contribution >= 4 is 23.3 Å². The Hall–Kier alpha value is -3.88. The summed E-state index contributed by atoms with van der Waals surface area (Å²) < 4.78 is 5.29. The number of likely N-dealkylation sites (tertiary alicyclic amines) is 1. The van der Waals surface area contributed by atoms with Gasteiger partial charge in [-0.3, -0.25) is 9.89 Å². The smallest absolute Gasteiger partial charge is 0.321 e. The molecule has 0 radical (unpaired) electrons. The molecule has 9 heteroatoms. The summed E-state index contributed by atoms with van der Waals surface area (Å²) in [6.07, 6.45) is 1.20. The average molecular weight is 435 g/mol. The first-order valence-electron chi connectivity index (χ1n) is 10.5. The third-order valence-corrected chi connectivity index (χ3v) is 5.49. The van der Waals surface area contributed by atoms with Crippen molar-refractivity contribution in [2.24, 2.45) is 5.92 Å². The van der Waals surface area contributed by atoms with Gasteiger partial charge in [-0.1, -0.05) is 24.3 Å². The number of amides is 3. The van der Waals surface area contributed by atoms with Gasteiger partial charge in [-0.25, -0.2) is 9.78 Å². The summed E-state index contributed by atoms with van der Waals surface area (Å²) in [5.41, 5.74) is 2.14. The number of aromatic amines is 1. The first kappa shape index (κ1) is 21.4. The Labute approximate surface area is 186 Å². The van der Waals surface area contributed by atoms with Crippen molar-refractivity contribution in [1.82, 2.24) is 20.1 Å². The lowest BCUT2D eigenvalue weighted by molar-refractivity contribution is -0.121. The molecule has 0 unspecified atom stereocenters. The van der Waals surface area contributed by atoms with E-state index < -0.39 is 0 Å². The monoisotopic (exact) mass is 434 g/mol. The van der Waals surface area contributed by atoms with Crippen LogP contribution in [0.2, 0.25) is 0 Å². The van der Waals surface area contributed by atoms with Crippen LogP contribution in [0.25, 0.3) is 11.4 Å². The minimum atomic E-state index is -0.183. The van der Waals surface area contributed by atoms with E-state index >= 15 is 0 Å². The Bertz CT molecular complexity index is 1100. The zero-order valence-corrected chi connectivity index (χ0v) is 18.1. The van der Waals surface area contributed by atoms with E-state index in [-0.39, 0.29) is 17.9 Å². The standard InChI is InChI=1S/C23H26N6O3/c1-15-24-21(28-27-15)17-6-5-7-18(14-17)25-23(31)29-12-10-16(11-13-29)22(30)26-19-8-3-4-9-20(19)32-2/h3-9,14,16H,10-13H2,1-2H3,(H,25,31)(H,26,30)(H,24,27,28). The van der Waals surface area contributed by atoms with E-state index in [9.17, 15) is 9.59 Å². The van der Waals surface area contributed by atoms with E-state index in [4.69, 9.17) is 4.74 Å². The van der Waals surface area contributed by atoms with Crippen LogP contribution in [0.5, 0.6) is 5.75 Å². The largest absolute Gasteiger partial charge is 0.495 e. The molecule has 1 aromatic heterocycles. The van der Waals surface area contributed by atoms with Crippen LogP contribution < -0.4 is 15.4 Å². The topological polar surface area (TPSA) is 112 Å². The number of H-pyrrole nitrogens is 1. The van der Waals surface area contributed by atoms with Crippen molar-refractivity contribution in [1.29, 1.82) is 0 Å². The lowest BCUT2D eigenvalue weighted by atomic mass is 9.96. The molecule has 1 aliphatic rings. The fourth-order valence-corrected chi connectivity index (χ4v) is 3.74. The molecule has 0 aliphatic carbocycles. The predicted molar refractivity (Wildman–Crippen MR) is 121 cm³/mol. The summed E-state index contributed by atoms with van der Waals surface area (Å²) in [6.45, 7) is 2.85. The van der Waals surface area contributed by atoms with Gasteiger partial charge >= 0.3 is 6.03 Å². The van der Waals surface area contributed by atoms with Gasteiger partial charge in [0, 0.05) is 30.3 Å². The summed E-state index contributed by atoms with van der Waals surface area (Å²) >= 11 is 0. The molecule has 4 rings (SSSR count).